The van der Waals surface area contributed by atoms with Gasteiger partial charge in [0, 0.05) is 10.8 Å². The predicted octanol–water partition coefficient (Wildman–Crippen LogP) is 8.71. The summed E-state index contributed by atoms with van der Waals surface area (Å²) >= 11 is 0. The van der Waals surface area contributed by atoms with Crippen LogP contribution in [0.3, 0.4) is 0 Å². The van der Waals surface area contributed by atoms with Gasteiger partial charge in [-0.05, 0) is 91.6 Å². The van der Waals surface area contributed by atoms with Crippen LogP contribution in [0.1, 0.15) is 81.1 Å². The van der Waals surface area contributed by atoms with Crippen molar-refractivity contribution in [3.63, 3.8) is 0 Å². The number of hydrogen-bond donors (Lipinski definition) is 2. The van der Waals surface area contributed by atoms with E-state index in [1.807, 2.05) is 87.5 Å². The van der Waals surface area contributed by atoms with Gasteiger partial charge in [0.15, 0.2) is 0 Å². The number of aromatic carboxylic acids is 1. The van der Waals surface area contributed by atoms with E-state index in [2.05, 4.69) is 27.7 Å². The van der Waals surface area contributed by atoms with Gasteiger partial charge in [0.1, 0.15) is 34.2 Å². The van der Waals surface area contributed by atoms with Gasteiger partial charge >= 0.3 is 5.97 Å². The van der Waals surface area contributed by atoms with Crippen LogP contribution in [0.5, 0.6) is 23.0 Å². The summed E-state index contributed by atoms with van der Waals surface area (Å²) in [5.74, 6) is 0.808. The molecule has 0 saturated heterocycles. The van der Waals surface area contributed by atoms with E-state index in [0.29, 0.717) is 5.75 Å². The molecular formula is C35H38O5. The van der Waals surface area contributed by atoms with Crippen molar-refractivity contribution in [1.29, 1.82) is 0 Å². The van der Waals surface area contributed by atoms with E-state index >= 15 is 0 Å². The Kier molecular flexibility index (Phi) is 7.71. The molecular weight excluding hydrogens is 500 g/mol. The Balaban J connectivity index is 1.57. The van der Waals surface area contributed by atoms with E-state index in [1.54, 1.807) is 24.3 Å². The lowest BCUT2D eigenvalue weighted by molar-refractivity contribution is 0.0694. The Bertz CT molecular complexity index is 1470. The highest BCUT2D eigenvalue weighted by Gasteiger charge is 2.27. The second kappa shape index (κ2) is 10.7. The lowest BCUT2D eigenvalue weighted by Gasteiger charge is -2.28. The molecule has 0 aliphatic carbocycles. The number of aromatic hydroxyl groups is 1. The minimum Gasteiger partial charge on any atom is -0.508 e. The molecule has 0 aromatic heterocycles. The number of carboxylic acid groups (broad SMARTS) is 1. The Morgan fingerprint density at radius 3 is 1.50 bits per heavy atom. The molecule has 5 heteroatoms. The number of phenolic OH excluding ortho intramolecular Hbond substituents is 1. The van der Waals surface area contributed by atoms with Crippen molar-refractivity contribution in [2.75, 3.05) is 0 Å². The fourth-order valence-electron chi connectivity index (χ4n) is 4.75. The van der Waals surface area contributed by atoms with Crippen LogP contribution in [0.4, 0.5) is 0 Å². The quantitative estimate of drug-likeness (QED) is 0.235. The molecule has 0 unspecified atom stereocenters. The number of phenols is 1. The van der Waals surface area contributed by atoms with Gasteiger partial charge in [0.05, 0.1) is 0 Å². The van der Waals surface area contributed by atoms with Crippen LogP contribution in [0.25, 0.3) is 0 Å². The van der Waals surface area contributed by atoms with E-state index in [9.17, 15) is 15.0 Å². The number of carboxylic acids is 1. The van der Waals surface area contributed by atoms with E-state index in [-0.39, 0.29) is 28.1 Å². The van der Waals surface area contributed by atoms with Crippen molar-refractivity contribution >= 4 is 5.97 Å². The molecule has 40 heavy (non-hydrogen) atoms. The maximum Gasteiger partial charge on any atom is 0.339 e. The largest absolute Gasteiger partial charge is 0.508 e. The normalized spacial score (nSPS) is 12.2. The van der Waals surface area contributed by atoms with Crippen LogP contribution in [0.15, 0.2) is 91.0 Å². The third kappa shape index (κ3) is 6.31. The monoisotopic (exact) mass is 538 g/mol. The highest BCUT2D eigenvalue weighted by Crippen LogP contribution is 2.37. The van der Waals surface area contributed by atoms with Crippen LogP contribution >= 0.6 is 0 Å². The van der Waals surface area contributed by atoms with Crippen LogP contribution in [-0.4, -0.2) is 21.8 Å². The summed E-state index contributed by atoms with van der Waals surface area (Å²) in [6, 6.07) is 28.1. The summed E-state index contributed by atoms with van der Waals surface area (Å²) in [6.45, 7) is 14.4. The average molecular weight is 539 g/mol. The molecule has 0 aliphatic rings. The fourth-order valence-corrected chi connectivity index (χ4v) is 4.75. The van der Waals surface area contributed by atoms with Crippen molar-refractivity contribution < 1.29 is 24.5 Å². The molecule has 0 fully saturated rings. The predicted molar refractivity (Wildman–Crippen MR) is 159 cm³/mol. The van der Waals surface area contributed by atoms with Crippen LogP contribution in [0, 0.1) is 0 Å². The zero-order valence-electron chi connectivity index (χ0n) is 24.3. The maximum atomic E-state index is 12.3. The van der Waals surface area contributed by atoms with E-state index in [1.165, 1.54) is 0 Å². The van der Waals surface area contributed by atoms with Crippen LogP contribution in [0.2, 0.25) is 0 Å². The highest BCUT2D eigenvalue weighted by molar-refractivity contribution is 5.91. The van der Waals surface area contributed by atoms with Crippen molar-refractivity contribution in [1.82, 2.24) is 0 Å². The van der Waals surface area contributed by atoms with Gasteiger partial charge in [-0.1, -0.05) is 70.2 Å². The summed E-state index contributed by atoms with van der Waals surface area (Å²) in [7, 11) is 0. The molecule has 0 radical (unpaired) electrons. The second-order valence-electron chi connectivity index (χ2n) is 12.2. The lowest BCUT2D eigenvalue weighted by Crippen LogP contribution is -2.23. The van der Waals surface area contributed by atoms with Gasteiger partial charge in [0.25, 0.3) is 0 Å². The fraction of sp³-hybridized carbons (Fsp3) is 0.286. The number of benzene rings is 4. The molecule has 0 bridgehead atoms. The van der Waals surface area contributed by atoms with E-state index in [0.717, 1.165) is 28.0 Å². The molecule has 208 valence electrons. The van der Waals surface area contributed by atoms with Crippen molar-refractivity contribution in [3.8, 4) is 23.0 Å². The number of ether oxygens (including phenoxy) is 2. The molecule has 2 N–H and O–H groups in total. The topological polar surface area (TPSA) is 76.0 Å². The van der Waals surface area contributed by atoms with Gasteiger partial charge in [0.2, 0.25) is 0 Å². The Labute approximate surface area is 237 Å². The average Bonchev–Trinajstić information content (AvgIpc) is 2.88. The van der Waals surface area contributed by atoms with Crippen LogP contribution in [-0.2, 0) is 10.8 Å². The molecule has 0 saturated carbocycles. The third-order valence-corrected chi connectivity index (χ3v) is 7.32. The first-order valence-electron chi connectivity index (χ1n) is 13.4. The van der Waals surface area contributed by atoms with Crippen molar-refractivity contribution in [3.05, 3.63) is 119 Å². The summed E-state index contributed by atoms with van der Waals surface area (Å²) in [5.41, 5.74) is 3.14. The first-order chi connectivity index (χ1) is 18.7. The molecule has 4 aromatic rings. The maximum absolute atomic E-state index is 12.3. The third-order valence-electron chi connectivity index (χ3n) is 7.32. The van der Waals surface area contributed by atoms with Gasteiger partial charge in [-0.2, -0.15) is 0 Å². The molecule has 5 nitrogen and oxygen atoms in total. The zero-order valence-corrected chi connectivity index (χ0v) is 24.3. The summed E-state index contributed by atoms with van der Waals surface area (Å²) in [6.07, 6.45) is 0. The van der Waals surface area contributed by atoms with E-state index in [4.69, 9.17) is 9.47 Å². The second-order valence-corrected chi connectivity index (χ2v) is 12.2. The molecule has 0 atom stereocenters. The Morgan fingerprint density at radius 2 is 1.02 bits per heavy atom. The Hall–Kier alpha value is -4.25. The number of hydrogen-bond acceptors (Lipinski definition) is 4. The molecule has 0 spiro atoms. The van der Waals surface area contributed by atoms with Gasteiger partial charge in [-0.3, -0.25) is 0 Å². The first-order valence-corrected chi connectivity index (χ1v) is 13.4. The molecule has 4 aromatic carbocycles. The minimum absolute atomic E-state index is 0.103. The van der Waals surface area contributed by atoms with Crippen LogP contribution < -0.4 is 9.47 Å². The molecule has 0 heterocycles. The molecule has 4 rings (SSSR count). The lowest BCUT2D eigenvalue weighted by atomic mass is 9.77. The zero-order chi connectivity index (χ0) is 29.3. The summed E-state index contributed by atoms with van der Waals surface area (Å²) in [5, 5.41) is 19.7. The summed E-state index contributed by atoms with van der Waals surface area (Å²) < 4.78 is 12.0. The van der Waals surface area contributed by atoms with Crippen molar-refractivity contribution in [2.24, 2.45) is 0 Å². The van der Waals surface area contributed by atoms with Crippen molar-refractivity contribution in [2.45, 2.75) is 64.9 Å². The molecule has 0 amide bonds. The highest BCUT2D eigenvalue weighted by atomic mass is 16.5. The van der Waals surface area contributed by atoms with Gasteiger partial charge in [-0.25, -0.2) is 4.79 Å². The SMILES string of the molecule is CC(C)(C)Oc1ccc(C(C)(C)c2ccc(Oc3ccc(C(C)(C)c4ccc(O)cc4)cc3)c(C(=O)O)c2)cc1. The van der Waals surface area contributed by atoms with E-state index < -0.39 is 11.4 Å². The van der Waals surface area contributed by atoms with Gasteiger partial charge < -0.3 is 19.7 Å². The standard InChI is InChI=1S/C35H38O5/c1-33(2,3)40-29-19-12-25(13-20-29)35(6,7)26-14-21-31(30(22-26)32(37)38)39-28-17-10-24(11-18-28)34(4,5)23-8-15-27(36)16-9-23/h8-22,36H,1-7H3,(H,37,38). The first kappa shape index (κ1) is 28.8. The smallest absolute Gasteiger partial charge is 0.339 e. The Morgan fingerprint density at radius 1 is 0.600 bits per heavy atom. The number of carbonyl (C=O) groups is 1. The number of rotatable bonds is 8. The van der Waals surface area contributed by atoms with Gasteiger partial charge in [-0.15, -0.1) is 0 Å². The summed E-state index contributed by atoms with van der Waals surface area (Å²) in [4.78, 5) is 12.3. The molecule has 0 aliphatic heterocycles. The minimum atomic E-state index is -1.05.